The Morgan fingerprint density at radius 1 is 1.07 bits per heavy atom. The molecule has 2 heterocycles. The molecular formula is C23H22N4O3. The highest BCUT2D eigenvalue weighted by atomic mass is 16.5. The van der Waals surface area contributed by atoms with Crippen LogP contribution in [-0.4, -0.2) is 33.8 Å². The summed E-state index contributed by atoms with van der Waals surface area (Å²) in [5.41, 5.74) is 1.25. The van der Waals surface area contributed by atoms with Gasteiger partial charge in [-0.2, -0.15) is 5.10 Å². The first kappa shape index (κ1) is 19.6. The zero-order chi connectivity index (χ0) is 20.9. The summed E-state index contributed by atoms with van der Waals surface area (Å²) < 4.78 is 7.12. The number of amides is 1. The van der Waals surface area contributed by atoms with Crippen LogP contribution in [0.1, 0.15) is 12.1 Å². The topological polar surface area (TPSA) is 86.1 Å². The number of carbonyl (C=O) groups excluding carboxylic acids is 1. The van der Waals surface area contributed by atoms with Crippen LogP contribution in [0.3, 0.4) is 0 Å². The maximum atomic E-state index is 12.4. The highest BCUT2D eigenvalue weighted by molar-refractivity contribution is 5.88. The number of benzene rings is 2. The fraction of sp³-hybridized carbons (Fsp3) is 0.217. The van der Waals surface area contributed by atoms with E-state index in [4.69, 9.17) is 4.74 Å². The van der Waals surface area contributed by atoms with E-state index in [1.807, 2.05) is 42.5 Å². The lowest BCUT2D eigenvalue weighted by Crippen LogP contribution is -2.29. The quantitative estimate of drug-likeness (QED) is 0.480. The minimum atomic E-state index is -0.171. The number of pyridine rings is 1. The molecule has 1 N–H and O–H groups in total. The van der Waals surface area contributed by atoms with Gasteiger partial charge in [0, 0.05) is 30.6 Å². The highest BCUT2D eigenvalue weighted by Gasteiger charge is 2.12. The van der Waals surface area contributed by atoms with Gasteiger partial charge in [-0.25, -0.2) is 4.68 Å². The van der Waals surface area contributed by atoms with Crippen molar-refractivity contribution in [2.45, 2.75) is 12.8 Å². The number of nitrogens with zero attached hydrogens (tertiary/aromatic N) is 3. The fourth-order valence-corrected chi connectivity index (χ4v) is 3.40. The summed E-state index contributed by atoms with van der Waals surface area (Å²) in [5.74, 6) is 0.596. The lowest BCUT2D eigenvalue weighted by Gasteiger charge is -2.10. The van der Waals surface area contributed by atoms with Gasteiger partial charge in [0.15, 0.2) is 0 Å². The van der Waals surface area contributed by atoms with E-state index in [2.05, 4.69) is 15.4 Å². The van der Waals surface area contributed by atoms with E-state index in [0.717, 1.165) is 16.7 Å². The van der Waals surface area contributed by atoms with Crippen molar-refractivity contribution in [1.29, 1.82) is 0 Å². The molecule has 0 aliphatic carbocycles. The molecule has 0 fully saturated rings. The van der Waals surface area contributed by atoms with E-state index in [9.17, 15) is 9.59 Å². The minimum Gasteiger partial charge on any atom is -0.491 e. The van der Waals surface area contributed by atoms with Crippen LogP contribution in [0.15, 0.2) is 65.6 Å². The van der Waals surface area contributed by atoms with Crippen molar-refractivity contribution in [1.82, 2.24) is 20.1 Å². The Labute approximate surface area is 173 Å². The molecule has 0 aliphatic rings. The first-order valence-electron chi connectivity index (χ1n) is 9.81. The van der Waals surface area contributed by atoms with Crippen LogP contribution >= 0.6 is 0 Å². The second-order valence-corrected chi connectivity index (χ2v) is 6.98. The largest absolute Gasteiger partial charge is 0.491 e. The molecule has 4 aromatic rings. The Balaban J connectivity index is 1.31. The lowest BCUT2D eigenvalue weighted by atomic mass is 10.1. The predicted octanol–water partition coefficient (Wildman–Crippen LogP) is 2.61. The van der Waals surface area contributed by atoms with Crippen molar-refractivity contribution in [3.05, 3.63) is 76.8 Å². The Morgan fingerprint density at radius 2 is 1.87 bits per heavy atom. The molecule has 1 amide bonds. The second kappa shape index (κ2) is 8.73. The predicted molar refractivity (Wildman–Crippen MR) is 116 cm³/mol. The van der Waals surface area contributed by atoms with E-state index in [1.165, 1.54) is 4.68 Å². The minimum absolute atomic E-state index is 0.114. The maximum absolute atomic E-state index is 12.4. The normalized spacial score (nSPS) is 11.0. The zero-order valence-electron chi connectivity index (χ0n) is 16.7. The summed E-state index contributed by atoms with van der Waals surface area (Å²) in [4.78, 5) is 28.9. The van der Waals surface area contributed by atoms with Gasteiger partial charge in [0.2, 0.25) is 5.91 Å². The van der Waals surface area contributed by atoms with Crippen LogP contribution in [0.2, 0.25) is 0 Å². The molecule has 0 radical (unpaired) electrons. The van der Waals surface area contributed by atoms with Gasteiger partial charge < -0.3 is 10.1 Å². The summed E-state index contributed by atoms with van der Waals surface area (Å²) >= 11 is 0. The first-order chi connectivity index (χ1) is 14.6. The van der Waals surface area contributed by atoms with Crippen molar-refractivity contribution >= 4 is 27.6 Å². The van der Waals surface area contributed by atoms with Gasteiger partial charge in [0.05, 0.1) is 24.1 Å². The molecule has 30 heavy (non-hydrogen) atoms. The molecule has 2 aromatic carbocycles. The molecule has 7 nitrogen and oxygen atoms in total. The van der Waals surface area contributed by atoms with Crippen LogP contribution in [0.5, 0.6) is 5.75 Å². The third kappa shape index (κ3) is 4.15. The number of hydrogen-bond acceptors (Lipinski definition) is 5. The summed E-state index contributed by atoms with van der Waals surface area (Å²) in [6, 6.07) is 16.9. The van der Waals surface area contributed by atoms with Crippen LogP contribution in [0, 0.1) is 0 Å². The fourth-order valence-electron chi connectivity index (χ4n) is 3.40. The monoisotopic (exact) mass is 402 g/mol. The molecule has 152 valence electrons. The van der Waals surface area contributed by atoms with Crippen LogP contribution in [0.4, 0.5) is 0 Å². The Hall–Kier alpha value is -3.74. The molecule has 0 saturated heterocycles. The number of aryl methyl sites for hydroxylation is 1. The van der Waals surface area contributed by atoms with E-state index < -0.39 is 0 Å². The van der Waals surface area contributed by atoms with Crippen molar-refractivity contribution in [2.24, 2.45) is 7.05 Å². The summed E-state index contributed by atoms with van der Waals surface area (Å²) in [5, 5.41) is 9.46. The standard InChI is InChI=1S/C23H22N4O3/c1-27-23(29)18-10-3-2-9-17(18)19(26-27)15-21(28)24-13-6-14-30-20-11-4-7-16-8-5-12-25-22(16)20/h2-5,7-12H,6,13-15H2,1H3,(H,24,28). The van der Waals surface area contributed by atoms with Crippen LogP contribution in [0.25, 0.3) is 21.7 Å². The highest BCUT2D eigenvalue weighted by Crippen LogP contribution is 2.22. The maximum Gasteiger partial charge on any atom is 0.274 e. The zero-order valence-corrected chi connectivity index (χ0v) is 16.7. The molecule has 0 aliphatic heterocycles. The van der Waals surface area contributed by atoms with Gasteiger partial charge in [-0.3, -0.25) is 14.6 Å². The summed E-state index contributed by atoms with van der Waals surface area (Å²) in [6.45, 7) is 0.956. The number of hydrogen-bond donors (Lipinski definition) is 1. The molecular weight excluding hydrogens is 380 g/mol. The molecule has 7 heteroatoms. The number of rotatable bonds is 7. The number of para-hydroxylation sites is 1. The lowest BCUT2D eigenvalue weighted by molar-refractivity contribution is -0.120. The number of nitrogens with one attached hydrogen (secondary N) is 1. The van der Waals surface area contributed by atoms with Crippen molar-refractivity contribution in [2.75, 3.05) is 13.2 Å². The molecule has 4 rings (SSSR count). The number of carbonyl (C=O) groups is 1. The van der Waals surface area contributed by atoms with Crippen LogP contribution < -0.4 is 15.6 Å². The molecule has 2 aromatic heterocycles. The molecule has 0 atom stereocenters. The average Bonchev–Trinajstić information content (AvgIpc) is 2.77. The van der Waals surface area contributed by atoms with Crippen molar-refractivity contribution in [3.8, 4) is 5.75 Å². The van der Waals surface area contributed by atoms with Crippen LogP contribution in [-0.2, 0) is 18.3 Å². The molecule has 0 bridgehead atoms. The van der Waals surface area contributed by atoms with E-state index in [-0.39, 0.29) is 17.9 Å². The Morgan fingerprint density at radius 3 is 2.73 bits per heavy atom. The van der Waals surface area contributed by atoms with Gasteiger partial charge in [-0.05, 0) is 24.6 Å². The molecule has 0 saturated carbocycles. The van der Waals surface area contributed by atoms with Gasteiger partial charge in [-0.15, -0.1) is 0 Å². The van der Waals surface area contributed by atoms with Crippen molar-refractivity contribution in [3.63, 3.8) is 0 Å². The smallest absolute Gasteiger partial charge is 0.274 e. The summed E-state index contributed by atoms with van der Waals surface area (Å²) in [7, 11) is 1.59. The summed E-state index contributed by atoms with van der Waals surface area (Å²) in [6.07, 6.45) is 2.52. The number of fused-ring (bicyclic) bond motifs is 2. The molecule has 0 spiro atoms. The average molecular weight is 402 g/mol. The van der Waals surface area contributed by atoms with Gasteiger partial charge in [0.1, 0.15) is 11.3 Å². The second-order valence-electron chi connectivity index (χ2n) is 6.98. The van der Waals surface area contributed by atoms with E-state index in [0.29, 0.717) is 36.0 Å². The number of aromatic nitrogens is 3. The van der Waals surface area contributed by atoms with Crippen molar-refractivity contribution < 1.29 is 9.53 Å². The third-order valence-electron chi connectivity index (χ3n) is 4.86. The first-order valence-corrected chi connectivity index (χ1v) is 9.81. The van der Waals surface area contributed by atoms with E-state index in [1.54, 1.807) is 25.4 Å². The Bertz CT molecular complexity index is 1260. The third-order valence-corrected chi connectivity index (χ3v) is 4.86. The SMILES string of the molecule is Cn1nc(CC(=O)NCCCOc2cccc3cccnc23)c2ccccc2c1=O. The van der Waals surface area contributed by atoms with E-state index >= 15 is 0 Å². The Kier molecular flexibility index (Phi) is 5.70. The number of ether oxygens (including phenoxy) is 1. The van der Waals surface area contributed by atoms with Gasteiger partial charge in [0.25, 0.3) is 5.56 Å². The van der Waals surface area contributed by atoms with Gasteiger partial charge in [-0.1, -0.05) is 36.4 Å². The van der Waals surface area contributed by atoms with Gasteiger partial charge >= 0.3 is 0 Å². The molecule has 0 unspecified atom stereocenters.